The van der Waals surface area contributed by atoms with E-state index in [0.29, 0.717) is 5.92 Å². The Bertz CT molecular complexity index is 444. The maximum absolute atomic E-state index is 5.74. The van der Waals surface area contributed by atoms with Crippen LogP contribution in [0.4, 0.5) is 11.6 Å². The molecule has 1 fully saturated rings. The monoisotopic (exact) mass is 292 g/mol. The van der Waals surface area contributed by atoms with Crippen LogP contribution in [-0.4, -0.2) is 35.3 Å². The zero-order valence-electron chi connectivity index (χ0n) is 13.6. The largest absolute Gasteiger partial charge is 0.376 e. The predicted molar refractivity (Wildman–Crippen MR) is 87.0 cm³/mol. The van der Waals surface area contributed by atoms with Crippen LogP contribution in [0.5, 0.6) is 0 Å². The Morgan fingerprint density at radius 1 is 1.29 bits per heavy atom. The molecular formula is C16H28N4O. The summed E-state index contributed by atoms with van der Waals surface area (Å²) in [5.74, 6) is 2.97. The summed E-state index contributed by atoms with van der Waals surface area (Å²) in [5, 5.41) is 6.83. The highest BCUT2D eigenvalue weighted by molar-refractivity contribution is 5.48. The van der Waals surface area contributed by atoms with Crippen LogP contribution < -0.4 is 10.6 Å². The lowest BCUT2D eigenvalue weighted by Crippen LogP contribution is -2.30. The summed E-state index contributed by atoms with van der Waals surface area (Å²) in [6.45, 7) is 10.3. The van der Waals surface area contributed by atoms with E-state index in [1.807, 2.05) is 6.07 Å². The number of ether oxygens (including phenoxy) is 1. The fourth-order valence-electron chi connectivity index (χ4n) is 2.46. The third kappa shape index (κ3) is 4.56. The molecule has 21 heavy (non-hydrogen) atoms. The van der Waals surface area contributed by atoms with E-state index < -0.39 is 0 Å². The smallest absolute Gasteiger partial charge is 0.135 e. The van der Waals surface area contributed by atoms with Gasteiger partial charge in [-0.1, -0.05) is 20.8 Å². The molecule has 0 bridgehead atoms. The molecule has 1 aliphatic heterocycles. The van der Waals surface area contributed by atoms with E-state index >= 15 is 0 Å². The number of hydrogen-bond donors (Lipinski definition) is 2. The summed E-state index contributed by atoms with van der Waals surface area (Å²) in [6, 6.07) is 2.26. The van der Waals surface area contributed by atoms with Gasteiger partial charge in [-0.25, -0.2) is 9.97 Å². The Morgan fingerprint density at radius 2 is 2.05 bits per heavy atom. The summed E-state index contributed by atoms with van der Waals surface area (Å²) in [7, 11) is 0. The van der Waals surface area contributed by atoms with Crippen molar-refractivity contribution in [3.8, 4) is 0 Å². The number of nitrogens with zero attached hydrogens (tertiary/aromatic N) is 2. The van der Waals surface area contributed by atoms with Crippen LogP contribution >= 0.6 is 0 Å². The first-order valence-electron chi connectivity index (χ1n) is 8.11. The van der Waals surface area contributed by atoms with Crippen LogP contribution in [0, 0.1) is 0 Å². The highest BCUT2D eigenvalue weighted by Gasteiger charge is 2.22. The van der Waals surface area contributed by atoms with E-state index in [2.05, 4.69) is 48.3 Å². The maximum atomic E-state index is 5.74. The first-order chi connectivity index (χ1) is 10.1. The number of rotatable bonds is 7. The highest BCUT2D eigenvalue weighted by Crippen LogP contribution is 2.21. The molecule has 2 atom stereocenters. The molecule has 1 aromatic rings. The Kier molecular flexibility index (Phi) is 5.79. The van der Waals surface area contributed by atoms with Crippen LogP contribution in [0.2, 0.25) is 0 Å². The third-order valence-electron chi connectivity index (χ3n) is 3.71. The Morgan fingerprint density at radius 3 is 2.67 bits per heavy atom. The molecule has 1 aromatic heterocycles. The van der Waals surface area contributed by atoms with Crippen molar-refractivity contribution in [1.29, 1.82) is 0 Å². The van der Waals surface area contributed by atoms with Crippen molar-refractivity contribution in [2.45, 2.75) is 65.0 Å². The van der Waals surface area contributed by atoms with Crippen molar-refractivity contribution in [1.82, 2.24) is 9.97 Å². The first kappa shape index (κ1) is 16.0. The summed E-state index contributed by atoms with van der Waals surface area (Å²) >= 11 is 0. The minimum Gasteiger partial charge on any atom is -0.376 e. The molecule has 0 amide bonds. The van der Waals surface area contributed by atoms with Crippen LogP contribution in [0.15, 0.2) is 6.07 Å². The third-order valence-corrected chi connectivity index (χ3v) is 3.71. The molecule has 1 aliphatic rings. The van der Waals surface area contributed by atoms with Crippen LogP contribution in [-0.2, 0) is 4.74 Å². The fraction of sp³-hybridized carbons (Fsp3) is 0.750. The van der Waals surface area contributed by atoms with Crippen LogP contribution in [0.1, 0.15) is 58.7 Å². The molecule has 0 aliphatic carbocycles. The van der Waals surface area contributed by atoms with Gasteiger partial charge >= 0.3 is 0 Å². The number of hydrogen-bond acceptors (Lipinski definition) is 5. The van der Waals surface area contributed by atoms with E-state index in [1.54, 1.807) is 0 Å². The molecule has 0 saturated carbocycles. The molecule has 5 nitrogen and oxygen atoms in total. The van der Waals surface area contributed by atoms with Gasteiger partial charge in [-0.05, 0) is 26.2 Å². The van der Waals surface area contributed by atoms with E-state index in [9.17, 15) is 0 Å². The minimum absolute atomic E-state index is 0.265. The summed E-state index contributed by atoms with van der Waals surface area (Å²) in [5.41, 5.74) is 0. The second kappa shape index (κ2) is 7.59. The van der Waals surface area contributed by atoms with Crippen molar-refractivity contribution in [2.75, 3.05) is 23.8 Å². The van der Waals surface area contributed by atoms with E-state index in [1.165, 1.54) is 0 Å². The molecule has 2 rings (SSSR count). The van der Waals surface area contributed by atoms with Gasteiger partial charge in [-0.2, -0.15) is 0 Å². The number of aromatic nitrogens is 2. The Balaban J connectivity index is 2.10. The normalized spacial score (nSPS) is 19.8. The van der Waals surface area contributed by atoms with E-state index in [0.717, 1.165) is 49.9 Å². The van der Waals surface area contributed by atoms with Gasteiger partial charge in [0.2, 0.25) is 0 Å². The molecule has 0 spiro atoms. The lowest BCUT2D eigenvalue weighted by atomic mass is 10.1. The molecule has 5 heteroatoms. The van der Waals surface area contributed by atoms with Gasteiger partial charge in [0.05, 0.1) is 12.1 Å². The molecule has 118 valence electrons. The lowest BCUT2D eigenvalue weighted by molar-refractivity contribution is 0.0995. The zero-order valence-corrected chi connectivity index (χ0v) is 13.6. The van der Waals surface area contributed by atoms with Crippen molar-refractivity contribution < 1.29 is 4.74 Å². The predicted octanol–water partition coefficient (Wildman–Crippen LogP) is 3.40. The molecule has 2 unspecified atom stereocenters. The topological polar surface area (TPSA) is 59.1 Å². The van der Waals surface area contributed by atoms with Crippen molar-refractivity contribution in [3.05, 3.63) is 11.9 Å². The Labute approximate surface area is 127 Å². The van der Waals surface area contributed by atoms with E-state index in [-0.39, 0.29) is 12.1 Å². The van der Waals surface area contributed by atoms with Gasteiger partial charge in [0.15, 0.2) is 0 Å². The van der Waals surface area contributed by atoms with Gasteiger partial charge in [-0.15, -0.1) is 0 Å². The molecule has 2 N–H and O–H groups in total. The standard InChI is InChI=1S/C16H28N4O/c1-5-8-17-14-10-15(20-16(19-14)11(2)3)18-12(4)13-7-6-9-21-13/h10-13H,5-9H2,1-4H3,(H2,17,18,19,20). The zero-order chi connectivity index (χ0) is 15.2. The number of anilines is 2. The van der Waals surface area contributed by atoms with Gasteiger partial charge in [-0.3, -0.25) is 0 Å². The molecule has 0 radical (unpaired) electrons. The minimum atomic E-state index is 0.265. The molecule has 0 aromatic carbocycles. The summed E-state index contributed by atoms with van der Waals surface area (Å²) < 4.78 is 5.74. The van der Waals surface area contributed by atoms with Crippen molar-refractivity contribution in [2.24, 2.45) is 0 Å². The molecular weight excluding hydrogens is 264 g/mol. The average Bonchev–Trinajstić information content (AvgIpc) is 2.99. The first-order valence-corrected chi connectivity index (χ1v) is 8.11. The van der Waals surface area contributed by atoms with Gasteiger partial charge < -0.3 is 15.4 Å². The molecule has 2 heterocycles. The lowest BCUT2D eigenvalue weighted by Gasteiger charge is -2.21. The SMILES string of the molecule is CCCNc1cc(NC(C)C2CCCO2)nc(C(C)C)n1. The summed E-state index contributed by atoms with van der Waals surface area (Å²) in [6.07, 6.45) is 3.64. The van der Waals surface area contributed by atoms with Gasteiger partial charge in [0.25, 0.3) is 0 Å². The quantitative estimate of drug-likeness (QED) is 0.806. The Hall–Kier alpha value is -1.36. The fourth-order valence-corrected chi connectivity index (χ4v) is 2.46. The van der Waals surface area contributed by atoms with Gasteiger partial charge in [0, 0.05) is 25.1 Å². The highest BCUT2D eigenvalue weighted by atomic mass is 16.5. The van der Waals surface area contributed by atoms with Crippen molar-refractivity contribution >= 4 is 11.6 Å². The summed E-state index contributed by atoms with van der Waals surface area (Å²) in [4.78, 5) is 9.22. The average molecular weight is 292 g/mol. The van der Waals surface area contributed by atoms with E-state index in [4.69, 9.17) is 4.74 Å². The van der Waals surface area contributed by atoms with Crippen LogP contribution in [0.25, 0.3) is 0 Å². The van der Waals surface area contributed by atoms with Crippen LogP contribution in [0.3, 0.4) is 0 Å². The van der Waals surface area contributed by atoms with Gasteiger partial charge in [0.1, 0.15) is 17.5 Å². The van der Waals surface area contributed by atoms with Crippen molar-refractivity contribution in [3.63, 3.8) is 0 Å². The second-order valence-corrected chi connectivity index (χ2v) is 6.06. The molecule has 1 saturated heterocycles. The number of nitrogens with one attached hydrogen (secondary N) is 2. The second-order valence-electron chi connectivity index (χ2n) is 6.06. The maximum Gasteiger partial charge on any atom is 0.135 e.